The first-order valence-corrected chi connectivity index (χ1v) is 9.04. The van der Waals surface area contributed by atoms with E-state index in [1.165, 1.54) is 0 Å². The third kappa shape index (κ3) is 4.86. The number of nitrogens with zero attached hydrogens (tertiary/aromatic N) is 2. The third-order valence-electron chi connectivity index (χ3n) is 4.70. The van der Waals surface area contributed by atoms with E-state index in [0.29, 0.717) is 63.0 Å². The second-order valence-corrected chi connectivity index (χ2v) is 6.77. The second kappa shape index (κ2) is 8.54. The van der Waals surface area contributed by atoms with Crippen LogP contribution in [0.4, 0.5) is 0 Å². The largest absolute Gasteiger partial charge is 0.484 e. The Morgan fingerprint density at radius 2 is 1.68 bits per heavy atom. The lowest BCUT2D eigenvalue weighted by molar-refractivity contribution is -0.144. The van der Waals surface area contributed by atoms with E-state index in [4.69, 9.17) is 21.1 Å². The number of likely N-dealkylation sites (tertiary alicyclic amines) is 1. The summed E-state index contributed by atoms with van der Waals surface area (Å²) in [6.07, 6.45) is 1.42. The van der Waals surface area contributed by atoms with Gasteiger partial charge in [-0.15, -0.1) is 0 Å². The zero-order valence-corrected chi connectivity index (χ0v) is 14.9. The minimum Gasteiger partial charge on any atom is -0.484 e. The maximum absolute atomic E-state index is 12.5. The highest BCUT2D eigenvalue weighted by atomic mass is 35.5. The predicted octanol–water partition coefficient (Wildman–Crippen LogP) is 1.82. The van der Waals surface area contributed by atoms with Gasteiger partial charge in [0.15, 0.2) is 6.61 Å². The summed E-state index contributed by atoms with van der Waals surface area (Å²) in [5.74, 6) is 0.787. The van der Waals surface area contributed by atoms with E-state index in [1.54, 1.807) is 29.2 Å². The molecule has 1 aromatic carbocycles. The average Bonchev–Trinajstić information content (AvgIpc) is 2.67. The average molecular weight is 367 g/mol. The molecule has 1 aromatic rings. The molecule has 0 spiro atoms. The molecule has 2 amide bonds. The lowest BCUT2D eigenvalue weighted by Crippen LogP contribution is -2.48. The summed E-state index contributed by atoms with van der Waals surface area (Å²) in [5, 5.41) is 0.630. The molecule has 0 radical (unpaired) electrons. The van der Waals surface area contributed by atoms with E-state index in [2.05, 4.69) is 0 Å². The van der Waals surface area contributed by atoms with E-state index < -0.39 is 0 Å². The van der Waals surface area contributed by atoms with Crippen LogP contribution in [0.25, 0.3) is 0 Å². The first-order chi connectivity index (χ1) is 12.1. The minimum absolute atomic E-state index is 0.00368. The summed E-state index contributed by atoms with van der Waals surface area (Å²) in [6, 6.07) is 6.93. The molecule has 0 aromatic heterocycles. The molecule has 0 N–H and O–H groups in total. The van der Waals surface area contributed by atoms with Crippen molar-refractivity contribution in [3.05, 3.63) is 29.3 Å². The molecule has 2 heterocycles. The van der Waals surface area contributed by atoms with Crippen molar-refractivity contribution in [1.82, 2.24) is 9.80 Å². The molecule has 0 saturated carbocycles. The van der Waals surface area contributed by atoms with Crippen LogP contribution in [0.1, 0.15) is 12.8 Å². The summed E-state index contributed by atoms with van der Waals surface area (Å²) in [7, 11) is 0. The van der Waals surface area contributed by atoms with Crippen molar-refractivity contribution >= 4 is 23.4 Å². The topological polar surface area (TPSA) is 59.1 Å². The van der Waals surface area contributed by atoms with Crippen molar-refractivity contribution < 1.29 is 19.1 Å². The lowest BCUT2D eigenvalue weighted by Gasteiger charge is -2.35. The van der Waals surface area contributed by atoms with Crippen LogP contribution in [0.15, 0.2) is 24.3 Å². The molecule has 136 valence electrons. The number of morpholine rings is 1. The van der Waals surface area contributed by atoms with E-state index in [0.717, 1.165) is 0 Å². The number of carbonyl (C=O) groups excluding carboxylic acids is 2. The fourth-order valence-electron chi connectivity index (χ4n) is 3.18. The molecule has 0 atom stereocenters. The normalized spacial score (nSPS) is 18.9. The Morgan fingerprint density at radius 3 is 2.32 bits per heavy atom. The van der Waals surface area contributed by atoms with Gasteiger partial charge in [0.2, 0.25) is 5.91 Å². The van der Waals surface area contributed by atoms with Crippen LogP contribution < -0.4 is 4.74 Å². The first-order valence-electron chi connectivity index (χ1n) is 8.66. The number of halogens is 1. The minimum atomic E-state index is -0.0489. The number of hydrogen-bond donors (Lipinski definition) is 0. The molecule has 7 heteroatoms. The molecule has 2 saturated heterocycles. The Bertz CT molecular complexity index is 594. The molecule has 6 nitrogen and oxygen atoms in total. The first kappa shape index (κ1) is 18.0. The van der Waals surface area contributed by atoms with E-state index in [9.17, 15) is 9.59 Å². The standard InChI is InChI=1S/C18H23ClN2O4/c19-15-1-3-16(4-2-15)25-13-17(22)20-7-5-14(6-8-20)18(23)21-9-11-24-12-10-21/h1-4,14H,5-13H2. The third-order valence-corrected chi connectivity index (χ3v) is 4.95. The number of hydrogen-bond acceptors (Lipinski definition) is 4. The van der Waals surface area contributed by atoms with Gasteiger partial charge in [-0.25, -0.2) is 0 Å². The lowest BCUT2D eigenvalue weighted by atomic mass is 9.95. The Morgan fingerprint density at radius 1 is 1.04 bits per heavy atom. The van der Waals surface area contributed by atoms with Gasteiger partial charge >= 0.3 is 0 Å². The van der Waals surface area contributed by atoms with Gasteiger partial charge in [-0.05, 0) is 37.1 Å². The highest BCUT2D eigenvalue weighted by Gasteiger charge is 2.30. The fourth-order valence-corrected chi connectivity index (χ4v) is 3.31. The number of rotatable bonds is 4. The van der Waals surface area contributed by atoms with Crippen LogP contribution in [0.2, 0.25) is 5.02 Å². The van der Waals surface area contributed by atoms with Crippen LogP contribution in [0.3, 0.4) is 0 Å². The molecule has 3 rings (SSSR count). The van der Waals surface area contributed by atoms with Gasteiger partial charge in [-0.1, -0.05) is 11.6 Å². The molecule has 2 fully saturated rings. The second-order valence-electron chi connectivity index (χ2n) is 6.34. The van der Waals surface area contributed by atoms with Gasteiger partial charge in [0.25, 0.3) is 5.91 Å². The van der Waals surface area contributed by atoms with Gasteiger partial charge in [0, 0.05) is 37.1 Å². The molecule has 0 aliphatic carbocycles. The molecular formula is C18H23ClN2O4. The monoisotopic (exact) mass is 366 g/mol. The van der Waals surface area contributed by atoms with Gasteiger partial charge < -0.3 is 19.3 Å². The SMILES string of the molecule is O=C(COc1ccc(Cl)cc1)N1CCC(C(=O)N2CCOCC2)CC1. The molecule has 0 bridgehead atoms. The number of benzene rings is 1. The summed E-state index contributed by atoms with van der Waals surface area (Å²) in [4.78, 5) is 28.4. The van der Waals surface area contributed by atoms with Crippen molar-refractivity contribution in [3.63, 3.8) is 0 Å². The zero-order valence-electron chi connectivity index (χ0n) is 14.2. The van der Waals surface area contributed by atoms with Crippen molar-refractivity contribution in [2.75, 3.05) is 46.0 Å². The summed E-state index contributed by atoms with van der Waals surface area (Å²) in [5.41, 5.74) is 0. The van der Waals surface area contributed by atoms with Crippen molar-refractivity contribution in [1.29, 1.82) is 0 Å². The highest BCUT2D eigenvalue weighted by molar-refractivity contribution is 6.30. The van der Waals surface area contributed by atoms with Crippen LogP contribution in [-0.4, -0.2) is 67.6 Å². The molecular weight excluding hydrogens is 344 g/mol. The number of piperidine rings is 1. The van der Waals surface area contributed by atoms with Crippen LogP contribution in [-0.2, 0) is 14.3 Å². The Kier molecular flexibility index (Phi) is 6.15. The molecule has 0 unspecified atom stereocenters. The van der Waals surface area contributed by atoms with Crippen molar-refractivity contribution in [2.45, 2.75) is 12.8 Å². The zero-order chi connectivity index (χ0) is 17.6. The summed E-state index contributed by atoms with van der Waals surface area (Å²) in [6.45, 7) is 3.78. The number of ether oxygens (including phenoxy) is 2. The number of carbonyl (C=O) groups is 2. The van der Waals surface area contributed by atoms with Crippen LogP contribution in [0, 0.1) is 5.92 Å². The quantitative estimate of drug-likeness (QED) is 0.815. The van der Waals surface area contributed by atoms with E-state index >= 15 is 0 Å². The Labute approximate surface area is 152 Å². The van der Waals surface area contributed by atoms with Gasteiger partial charge in [0.05, 0.1) is 13.2 Å². The smallest absolute Gasteiger partial charge is 0.260 e. The predicted molar refractivity (Wildman–Crippen MR) is 93.7 cm³/mol. The molecule has 2 aliphatic heterocycles. The van der Waals surface area contributed by atoms with Crippen molar-refractivity contribution in [2.24, 2.45) is 5.92 Å². The summed E-state index contributed by atoms with van der Waals surface area (Å²) >= 11 is 5.82. The maximum Gasteiger partial charge on any atom is 0.260 e. The summed E-state index contributed by atoms with van der Waals surface area (Å²) < 4.78 is 10.8. The molecule has 2 aliphatic rings. The van der Waals surface area contributed by atoms with Gasteiger partial charge in [-0.3, -0.25) is 9.59 Å². The van der Waals surface area contributed by atoms with Crippen molar-refractivity contribution in [3.8, 4) is 5.75 Å². The Balaban J connectivity index is 1.42. The van der Waals surface area contributed by atoms with E-state index in [-0.39, 0.29) is 24.3 Å². The highest BCUT2D eigenvalue weighted by Crippen LogP contribution is 2.21. The van der Waals surface area contributed by atoms with Gasteiger partial charge in [0.1, 0.15) is 5.75 Å². The fraction of sp³-hybridized carbons (Fsp3) is 0.556. The van der Waals surface area contributed by atoms with E-state index in [1.807, 2.05) is 4.90 Å². The van der Waals surface area contributed by atoms with Gasteiger partial charge in [-0.2, -0.15) is 0 Å². The Hall–Kier alpha value is -1.79. The maximum atomic E-state index is 12.5. The number of amides is 2. The van der Waals surface area contributed by atoms with Crippen LogP contribution >= 0.6 is 11.6 Å². The molecule has 25 heavy (non-hydrogen) atoms. The van der Waals surface area contributed by atoms with Crippen LogP contribution in [0.5, 0.6) is 5.75 Å².